The zero-order valence-corrected chi connectivity index (χ0v) is 10.3. The Hall–Kier alpha value is -1.06. The molecule has 0 saturated carbocycles. The second-order valence-electron chi connectivity index (χ2n) is 5.02. The van der Waals surface area contributed by atoms with Crippen LogP contribution in [-0.2, 0) is 0 Å². The molecule has 1 aromatic carbocycles. The van der Waals surface area contributed by atoms with Crippen LogP contribution in [0.5, 0.6) is 0 Å². The lowest BCUT2D eigenvalue weighted by molar-refractivity contribution is 0.155. The lowest BCUT2D eigenvalue weighted by atomic mass is 10.1. The molecule has 1 aromatic rings. The maximum atomic E-state index is 3.37. The van der Waals surface area contributed by atoms with Crippen LogP contribution in [0.2, 0.25) is 0 Å². The van der Waals surface area contributed by atoms with Gasteiger partial charge in [0.1, 0.15) is 0 Å². The van der Waals surface area contributed by atoms with Gasteiger partial charge in [0.05, 0.1) is 0 Å². The van der Waals surface area contributed by atoms with Crippen molar-refractivity contribution in [1.82, 2.24) is 10.2 Å². The van der Waals surface area contributed by atoms with Crippen molar-refractivity contribution in [2.45, 2.75) is 12.5 Å². The van der Waals surface area contributed by atoms with E-state index in [-0.39, 0.29) is 0 Å². The van der Waals surface area contributed by atoms with E-state index in [1.807, 2.05) is 0 Å². The maximum absolute atomic E-state index is 3.37. The highest BCUT2D eigenvalue weighted by Gasteiger charge is 2.26. The van der Waals surface area contributed by atoms with E-state index >= 15 is 0 Å². The zero-order chi connectivity index (χ0) is 11.5. The fraction of sp³-hybridized carbons (Fsp3) is 0.571. The summed E-state index contributed by atoms with van der Waals surface area (Å²) in [7, 11) is 0. The molecule has 0 spiro atoms. The average molecular weight is 231 g/mol. The standard InChI is InChI=1S/C14H21N3/c1-2-5-13(6-3-1)16-7-4-8-17(10-9-16)14-11-15-12-14/h1-3,5-6,14-15H,4,7-12H2. The van der Waals surface area contributed by atoms with Crippen molar-refractivity contribution < 1.29 is 0 Å². The molecule has 0 atom stereocenters. The summed E-state index contributed by atoms with van der Waals surface area (Å²) in [6, 6.07) is 11.6. The molecular formula is C14H21N3. The smallest absolute Gasteiger partial charge is 0.0366 e. The van der Waals surface area contributed by atoms with Crippen molar-refractivity contribution in [3.05, 3.63) is 30.3 Å². The third kappa shape index (κ3) is 2.45. The van der Waals surface area contributed by atoms with Gasteiger partial charge < -0.3 is 10.2 Å². The number of hydrogen-bond donors (Lipinski definition) is 1. The third-order valence-corrected chi connectivity index (χ3v) is 3.93. The van der Waals surface area contributed by atoms with E-state index in [0.29, 0.717) is 0 Å². The fourth-order valence-electron chi connectivity index (χ4n) is 2.73. The Kier molecular flexibility index (Phi) is 3.29. The monoisotopic (exact) mass is 231 g/mol. The summed E-state index contributed by atoms with van der Waals surface area (Å²) in [4.78, 5) is 5.17. The van der Waals surface area contributed by atoms with Gasteiger partial charge in [0.2, 0.25) is 0 Å². The minimum atomic E-state index is 0.797. The van der Waals surface area contributed by atoms with E-state index in [2.05, 4.69) is 45.4 Å². The second-order valence-corrected chi connectivity index (χ2v) is 5.02. The Bertz CT molecular complexity index is 348. The largest absolute Gasteiger partial charge is 0.370 e. The van der Waals surface area contributed by atoms with Crippen molar-refractivity contribution in [2.24, 2.45) is 0 Å². The molecular weight excluding hydrogens is 210 g/mol. The lowest BCUT2D eigenvalue weighted by Gasteiger charge is -2.37. The molecule has 2 saturated heterocycles. The summed E-state index contributed by atoms with van der Waals surface area (Å²) < 4.78 is 0. The number of rotatable bonds is 2. The summed E-state index contributed by atoms with van der Waals surface area (Å²) in [6.07, 6.45) is 1.28. The van der Waals surface area contributed by atoms with Crippen LogP contribution in [0.3, 0.4) is 0 Å². The van der Waals surface area contributed by atoms with E-state index < -0.39 is 0 Å². The zero-order valence-electron chi connectivity index (χ0n) is 10.3. The first-order valence-corrected chi connectivity index (χ1v) is 6.68. The third-order valence-electron chi connectivity index (χ3n) is 3.93. The van der Waals surface area contributed by atoms with Gasteiger partial charge in [0, 0.05) is 51.0 Å². The van der Waals surface area contributed by atoms with Crippen LogP contribution in [0.4, 0.5) is 5.69 Å². The molecule has 17 heavy (non-hydrogen) atoms. The van der Waals surface area contributed by atoms with Gasteiger partial charge in [-0.25, -0.2) is 0 Å². The molecule has 1 N–H and O–H groups in total. The quantitative estimate of drug-likeness (QED) is 0.824. The molecule has 0 aliphatic carbocycles. The predicted molar refractivity (Wildman–Crippen MR) is 71.5 cm³/mol. The molecule has 0 bridgehead atoms. The number of nitrogens with zero attached hydrogens (tertiary/aromatic N) is 2. The first-order chi connectivity index (χ1) is 8.43. The Morgan fingerprint density at radius 3 is 2.47 bits per heavy atom. The van der Waals surface area contributed by atoms with Gasteiger partial charge in [0.25, 0.3) is 0 Å². The molecule has 3 heteroatoms. The second kappa shape index (κ2) is 5.07. The summed E-state index contributed by atoms with van der Waals surface area (Å²) in [5.74, 6) is 0. The molecule has 0 unspecified atom stereocenters. The Labute approximate surface area is 103 Å². The molecule has 3 nitrogen and oxygen atoms in total. The van der Waals surface area contributed by atoms with E-state index in [0.717, 1.165) is 6.04 Å². The molecule has 2 aliphatic heterocycles. The topological polar surface area (TPSA) is 18.5 Å². The maximum Gasteiger partial charge on any atom is 0.0366 e. The number of para-hydroxylation sites is 1. The van der Waals surface area contributed by atoms with Crippen LogP contribution in [-0.4, -0.2) is 50.2 Å². The van der Waals surface area contributed by atoms with Gasteiger partial charge in [0.15, 0.2) is 0 Å². The Balaban J connectivity index is 1.62. The number of anilines is 1. The summed E-state index contributed by atoms with van der Waals surface area (Å²) >= 11 is 0. The van der Waals surface area contributed by atoms with E-state index in [9.17, 15) is 0 Å². The molecule has 0 radical (unpaired) electrons. The highest BCUT2D eigenvalue weighted by atomic mass is 15.3. The van der Waals surface area contributed by atoms with Crippen LogP contribution < -0.4 is 10.2 Å². The van der Waals surface area contributed by atoms with Gasteiger partial charge >= 0.3 is 0 Å². The first-order valence-electron chi connectivity index (χ1n) is 6.68. The normalized spacial score (nSPS) is 23.2. The predicted octanol–water partition coefficient (Wildman–Crippen LogP) is 1.17. The SMILES string of the molecule is c1ccc(N2CCCN(C3CNC3)CC2)cc1. The first kappa shape index (κ1) is 11.1. The van der Waals surface area contributed by atoms with Crippen LogP contribution in [0.25, 0.3) is 0 Å². The van der Waals surface area contributed by atoms with Crippen molar-refractivity contribution in [3.63, 3.8) is 0 Å². The van der Waals surface area contributed by atoms with Crippen molar-refractivity contribution in [3.8, 4) is 0 Å². The minimum absolute atomic E-state index is 0.797. The molecule has 2 aliphatic rings. The number of benzene rings is 1. The van der Waals surface area contributed by atoms with Crippen LogP contribution in [0, 0.1) is 0 Å². The molecule has 2 fully saturated rings. The molecule has 3 rings (SSSR count). The molecule has 0 amide bonds. The van der Waals surface area contributed by atoms with Crippen molar-refractivity contribution >= 4 is 5.69 Å². The number of nitrogens with one attached hydrogen (secondary N) is 1. The van der Waals surface area contributed by atoms with Crippen LogP contribution in [0.15, 0.2) is 30.3 Å². The van der Waals surface area contributed by atoms with Gasteiger partial charge in [-0.3, -0.25) is 4.90 Å². The van der Waals surface area contributed by atoms with E-state index in [1.54, 1.807) is 0 Å². The van der Waals surface area contributed by atoms with Crippen LogP contribution in [0.1, 0.15) is 6.42 Å². The summed E-state index contributed by atoms with van der Waals surface area (Å²) in [5.41, 5.74) is 1.38. The average Bonchev–Trinajstić information content (AvgIpc) is 2.54. The lowest BCUT2D eigenvalue weighted by Crippen LogP contribution is -2.57. The van der Waals surface area contributed by atoms with Crippen LogP contribution >= 0.6 is 0 Å². The minimum Gasteiger partial charge on any atom is -0.370 e. The molecule has 2 heterocycles. The van der Waals surface area contributed by atoms with E-state index in [1.165, 1.54) is 51.4 Å². The van der Waals surface area contributed by atoms with Crippen molar-refractivity contribution in [2.75, 3.05) is 44.2 Å². The van der Waals surface area contributed by atoms with E-state index in [4.69, 9.17) is 0 Å². The summed E-state index contributed by atoms with van der Waals surface area (Å²) in [5, 5.41) is 3.37. The summed E-state index contributed by atoms with van der Waals surface area (Å²) in [6.45, 7) is 7.20. The fourth-order valence-corrected chi connectivity index (χ4v) is 2.73. The highest BCUT2D eigenvalue weighted by Crippen LogP contribution is 2.17. The highest BCUT2D eigenvalue weighted by molar-refractivity contribution is 5.46. The number of hydrogen-bond acceptors (Lipinski definition) is 3. The Morgan fingerprint density at radius 2 is 1.76 bits per heavy atom. The van der Waals surface area contributed by atoms with Gasteiger partial charge in [-0.1, -0.05) is 18.2 Å². The van der Waals surface area contributed by atoms with Gasteiger partial charge in [-0.05, 0) is 18.6 Å². The molecule has 92 valence electrons. The van der Waals surface area contributed by atoms with Gasteiger partial charge in [-0.15, -0.1) is 0 Å². The Morgan fingerprint density at radius 1 is 0.941 bits per heavy atom. The van der Waals surface area contributed by atoms with Crippen molar-refractivity contribution in [1.29, 1.82) is 0 Å². The van der Waals surface area contributed by atoms with Gasteiger partial charge in [-0.2, -0.15) is 0 Å². The molecule has 0 aromatic heterocycles.